The Kier molecular flexibility index (Phi) is 6.54. The maximum absolute atomic E-state index is 3.89. The third kappa shape index (κ3) is 6.02. The molecule has 0 aromatic heterocycles. The average Bonchev–Trinajstić information content (AvgIpc) is 2.04. The fourth-order valence-corrected chi connectivity index (χ4v) is 1.19. The van der Waals surface area contributed by atoms with Crippen LogP contribution in [-0.4, -0.2) is 7.05 Å². The summed E-state index contributed by atoms with van der Waals surface area (Å²) in [6.07, 6.45) is 7.95. The van der Waals surface area contributed by atoms with Crippen molar-refractivity contribution in [2.24, 2.45) is 5.92 Å². The van der Waals surface area contributed by atoms with E-state index in [2.05, 4.69) is 37.9 Å². The fraction of sp³-hybridized carbons (Fsp3) is 0.636. The van der Waals surface area contributed by atoms with Crippen molar-refractivity contribution in [2.45, 2.75) is 33.1 Å². The van der Waals surface area contributed by atoms with E-state index in [4.69, 9.17) is 0 Å². The normalized spacial score (nSPS) is 13.2. The van der Waals surface area contributed by atoms with Gasteiger partial charge in [0.2, 0.25) is 0 Å². The third-order valence-electron chi connectivity index (χ3n) is 2.01. The molecule has 0 bridgehead atoms. The summed E-state index contributed by atoms with van der Waals surface area (Å²) in [5.74, 6) is 0.708. The Morgan fingerprint density at radius 2 is 2.25 bits per heavy atom. The van der Waals surface area contributed by atoms with Crippen molar-refractivity contribution in [1.82, 2.24) is 5.32 Å². The second kappa shape index (κ2) is 6.96. The van der Waals surface area contributed by atoms with Crippen molar-refractivity contribution in [3.05, 3.63) is 24.4 Å². The molecular formula is C11H21N. The van der Waals surface area contributed by atoms with Crippen molar-refractivity contribution in [1.29, 1.82) is 0 Å². The lowest BCUT2D eigenvalue weighted by atomic mass is 10.0. The van der Waals surface area contributed by atoms with Gasteiger partial charge >= 0.3 is 0 Å². The summed E-state index contributed by atoms with van der Waals surface area (Å²) in [4.78, 5) is 0. The molecule has 0 amide bonds. The molecule has 0 fully saturated rings. The number of hydrogen-bond acceptors (Lipinski definition) is 1. The molecule has 0 saturated heterocycles. The van der Waals surface area contributed by atoms with Crippen LogP contribution in [0.3, 0.4) is 0 Å². The molecule has 0 spiro atoms. The molecule has 1 heteroatoms. The summed E-state index contributed by atoms with van der Waals surface area (Å²) < 4.78 is 0. The van der Waals surface area contributed by atoms with Crippen LogP contribution in [-0.2, 0) is 0 Å². The summed E-state index contributed by atoms with van der Waals surface area (Å²) >= 11 is 0. The zero-order chi connectivity index (χ0) is 9.40. The SMILES string of the molecule is C=C(CCCC(C)C=CC)NC. The van der Waals surface area contributed by atoms with E-state index >= 15 is 0 Å². The van der Waals surface area contributed by atoms with Crippen molar-refractivity contribution >= 4 is 0 Å². The van der Waals surface area contributed by atoms with Gasteiger partial charge < -0.3 is 5.32 Å². The molecule has 0 rings (SSSR count). The fourth-order valence-electron chi connectivity index (χ4n) is 1.19. The van der Waals surface area contributed by atoms with Gasteiger partial charge in [-0.2, -0.15) is 0 Å². The first-order chi connectivity index (χ1) is 5.70. The maximum Gasteiger partial charge on any atom is 0.00310 e. The van der Waals surface area contributed by atoms with Gasteiger partial charge in [-0.1, -0.05) is 25.7 Å². The minimum Gasteiger partial charge on any atom is -0.392 e. The molecule has 0 aliphatic heterocycles. The first-order valence-electron chi connectivity index (χ1n) is 4.69. The van der Waals surface area contributed by atoms with Gasteiger partial charge in [-0.3, -0.25) is 0 Å². The van der Waals surface area contributed by atoms with Crippen molar-refractivity contribution < 1.29 is 0 Å². The van der Waals surface area contributed by atoms with E-state index in [1.54, 1.807) is 0 Å². The molecule has 70 valence electrons. The Hall–Kier alpha value is -0.720. The summed E-state index contributed by atoms with van der Waals surface area (Å²) in [5.41, 5.74) is 1.14. The van der Waals surface area contributed by atoms with Crippen molar-refractivity contribution in [3.63, 3.8) is 0 Å². The van der Waals surface area contributed by atoms with Crippen LogP contribution in [0.1, 0.15) is 33.1 Å². The van der Waals surface area contributed by atoms with Gasteiger partial charge in [0.1, 0.15) is 0 Å². The number of hydrogen-bond donors (Lipinski definition) is 1. The van der Waals surface area contributed by atoms with Crippen molar-refractivity contribution in [2.75, 3.05) is 7.05 Å². The Balaban J connectivity index is 3.36. The topological polar surface area (TPSA) is 12.0 Å². The predicted molar refractivity (Wildman–Crippen MR) is 56.0 cm³/mol. The number of rotatable bonds is 6. The summed E-state index contributed by atoms with van der Waals surface area (Å²) in [6.45, 7) is 8.21. The molecule has 1 N–H and O–H groups in total. The van der Waals surface area contributed by atoms with Crippen LogP contribution in [0, 0.1) is 5.92 Å². The number of allylic oxidation sites excluding steroid dienone is 3. The first-order valence-corrected chi connectivity index (χ1v) is 4.69. The van der Waals surface area contributed by atoms with E-state index in [1.165, 1.54) is 12.8 Å². The smallest absolute Gasteiger partial charge is 0.00310 e. The highest BCUT2D eigenvalue weighted by Gasteiger charge is 1.96. The highest BCUT2D eigenvalue weighted by atomic mass is 14.8. The monoisotopic (exact) mass is 167 g/mol. The third-order valence-corrected chi connectivity index (χ3v) is 2.01. The van der Waals surface area contributed by atoms with Gasteiger partial charge in [-0.25, -0.2) is 0 Å². The van der Waals surface area contributed by atoms with Gasteiger partial charge in [0.05, 0.1) is 0 Å². The quantitative estimate of drug-likeness (QED) is 0.599. The minimum atomic E-state index is 0.708. The maximum atomic E-state index is 3.89. The molecule has 0 aromatic carbocycles. The molecule has 1 atom stereocenters. The lowest BCUT2D eigenvalue weighted by molar-refractivity contribution is 0.596. The van der Waals surface area contributed by atoms with E-state index in [-0.39, 0.29) is 0 Å². The molecule has 0 radical (unpaired) electrons. The Bertz CT molecular complexity index is 147. The molecule has 0 aliphatic carbocycles. The molecule has 12 heavy (non-hydrogen) atoms. The Labute approximate surface area is 76.6 Å². The van der Waals surface area contributed by atoms with E-state index in [0.29, 0.717) is 5.92 Å². The average molecular weight is 167 g/mol. The van der Waals surface area contributed by atoms with E-state index in [9.17, 15) is 0 Å². The molecule has 1 nitrogen and oxygen atoms in total. The summed E-state index contributed by atoms with van der Waals surface area (Å²) in [6, 6.07) is 0. The molecule has 0 aliphatic rings. The van der Waals surface area contributed by atoms with Crippen LogP contribution in [0.2, 0.25) is 0 Å². The lowest BCUT2D eigenvalue weighted by Gasteiger charge is -2.07. The van der Waals surface area contributed by atoms with E-state index < -0.39 is 0 Å². The first kappa shape index (κ1) is 11.3. The zero-order valence-electron chi connectivity index (χ0n) is 8.56. The molecule has 0 heterocycles. The Morgan fingerprint density at radius 1 is 1.58 bits per heavy atom. The second-order valence-corrected chi connectivity index (χ2v) is 3.25. The van der Waals surface area contributed by atoms with E-state index in [0.717, 1.165) is 12.1 Å². The molecule has 1 unspecified atom stereocenters. The van der Waals surface area contributed by atoms with Crippen LogP contribution in [0.15, 0.2) is 24.4 Å². The van der Waals surface area contributed by atoms with Gasteiger partial charge in [0, 0.05) is 12.7 Å². The van der Waals surface area contributed by atoms with Gasteiger partial charge in [-0.05, 0) is 32.1 Å². The predicted octanol–water partition coefficient (Wildman–Crippen LogP) is 3.10. The second-order valence-electron chi connectivity index (χ2n) is 3.25. The molecular weight excluding hydrogens is 146 g/mol. The highest BCUT2D eigenvalue weighted by molar-refractivity contribution is 4.90. The largest absolute Gasteiger partial charge is 0.392 e. The van der Waals surface area contributed by atoms with Gasteiger partial charge in [0.15, 0.2) is 0 Å². The lowest BCUT2D eigenvalue weighted by Crippen LogP contribution is -2.04. The Morgan fingerprint density at radius 3 is 2.75 bits per heavy atom. The minimum absolute atomic E-state index is 0.708. The van der Waals surface area contributed by atoms with Crippen LogP contribution in [0.4, 0.5) is 0 Å². The van der Waals surface area contributed by atoms with Crippen LogP contribution < -0.4 is 5.32 Å². The summed E-state index contributed by atoms with van der Waals surface area (Å²) in [5, 5.41) is 3.06. The molecule has 0 aromatic rings. The summed E-state index contributed by atoms with van der Waals surface area (Å²) in [7, 11) is 1.93. The molecule has 0 saturated carbocycles. The van der Waals surface area contributed by atoms with Gasteiger partial charge in [0.25, 0.3) is 0 Å². The standard InChI is InChI=1S/C11H21N/c1-5-7-10(2)8-6-9-11(3)12-4/h5,7,10,12H,3,6,8-9H2,1-2,4H3. The zero-order valence-corrected chi connectivity index (χ0v) is 8.56. The van der Waals surface area contributed by atoms with Crippen LogP contribution in [0.5, 0.6) is 0 Å². The van der Waals surface area contributed by atoms with Gasteiger partial charge in [-0.15, -0.1) is 0 Å². The van der Waals surface area contributed by atoms with Crippen molar-refractivity contribution in [3.8, 4) is 0 Å². The van der Waals surface area contributed by atoms with Crippen LogP contribution >= 0.6 is 0 Å². The number of nitrogens with one attached hydrogen (secondary N) is 1. The highest BCUT2D eigenvalue weighted by Crippen LogP contribution is 2.10. The van der Waals surface area contributed by atoms with Crippen LogP contribution in [0.25, 0.3) is 0 Å². The van der Waals surface area contributed by atoms with E-state index in [1.807, 2.05) is 7.05 Å².